The molecule has 6 rings (SSSR count). The smallest absolute Gasteiger partial charge is 0.231 e. The van der Waals surface area contributed by atoms with Gasteiger partial charge in [-0.25, -0.2) is 4.84 Å². The molecule has 27 heteroatoms. The molecule has 0 unspecified atom stereocenters. The Kier molecular flexibility index (Phi) is 15.2. The van der Waals surface area contributed by atoms with Crippen molar-refractivity contribution in [2.75, 3.05) is 0 Å². The zero-order valence-electron chi connectivity index (χ0n) is 36.5. The van der Waals surface area contributed by atoms with Crippen molar-refractivity contribution in [1.82, 2.24) is 0 Å². The highest BCUT2D eigenvalue weighted by atomic mass is 19.4. The van der Waals surface area contributed by atoms with Gasteiger partial charge in [0.1, 0.15) is 6.15 Å². The summed E-state index contributed by atoms with van der Waals surface area (Å²) in [5.41, 5.74) is -26.6. The van der Waals surface area contributed by atoms with Crippen molar-refractivity contribution in [3.8, 4) is 5.75 Å². The van der Waals surface area contributed by atoms with Crippen LogP contribution < -0.4 is 31.4 Å². The molecule has 0 fully saturated rings. The van der Waals surface area contributed by atoms with Gasteiger partial charge in [-0.2, -0.15) is 127 Å². The van der Waals surface area contributed by atoms with Gasteiger partial charge in [0, 0.05) is 16.9 Å². The largest absolute Gasteiger partial charge is 0.416 e. The maximum Gasteiger partial charge on any atom is 0.416 e. The minimum absolute atomic E-state index is 0.691. The van der Waals surface area contributed by atoms with Crippen molar-refractivity contribution in [2.45, 2.75) is 70.2 Å². The number of benzene rings is 5. The number of hydrogen-bond donors (Lipinski definition) is 0. The van der Waals surface area contributed by atoms with Crippen LogP contribution in [-0.4, -0.2) is 6.15 Å². The molecule has 0 radical (unpaired) electrons. The Hall–Kier alpha value is -6.57. The first-order chi connectivity index (χ1) is 32.9. The first kappa shape index (κ1) is 57.3. The normalized spacial score (nSPS) is 13.4. The van der Waals surface area contributed by atoms with Crippen molar-refractivity contribution < 1.29 is 115 Å². The lowest BCUT2D eigenvalue weighted by Crippen LogP contribution is -2.75. The van der Waals surface area contributed by atoms with E-state index in [1.165, 1.54) is 5.56 Å². The van der Waals surface area contributed by atoms with Gasteiger partial charge in [0.25, 0.3) is 0 Å². The first-order valence-corrected chi connectivity index (χ1v) is 20.0. The van der Waals surface area contributed by atoms with Gasteiger partial charge in [-0.3, -0.25) is 0 Å². The molecule has 1 heterocycles. The Morgan fingerprint density at radius 3 is 0.699 bits per heavy atom. The molecule has 0 N–H and O–H groups in total. The van der Waals surface area contributed by atoms with Gasteiger partial charge in [0.15, 0.2) is 0 Å². The predicted molar refractivity (Wildman–Crippen MR) is 213 cm³/mol. The number of halogens is 24. The van der Waals surface area contributed by atoms with Crippen LogP contribution in [0.1, 0.15) is 61.2 Å². The van der Waals surface area contributed by atoms with Gasteiger partial charge >= 0.3 is 49.4 Å². The molecule has 0 atom stereocenters. The van der Waals surface area contributed by atoms with E-state index in [0.29, 0.717) is 0 Å². The van der Waals surface area contributed by atoms with E-state index in [1.54, 1.807) is 4.73 Å². The Bertz CT molecular complexity index is 2500. The zero-order chi connectivity index (χ0) is 55.5. The van der Waals surface area contributed by atoms with Crippen molar-refractivity contribution in [3.05, 3.63) is 177 Å². The Morgan fingerprint density at radius 1 is 0.301 bits per heavy atom. The molecule has 5 aromatic carbocycles. The highest BCUT2D eigenvalue weighted by Gasteiger charge is 2.47. The van der Waals surface area contributed by atoms with E-state index in [1.807, 2.05) is 30.6 Å². The van der Waals surface area contributed by atoms with Gasteiger partial charge < -0.3 is 0 Å². The van der Waals surface area contributed by atoms with Crippen molar-refractivity contribution in [3.63, 3.8) is 0 Å². The van der Waals surface area contributed by atoms with Crippen LogP contribution in [0, 0.1) is 20.8 Å². The molecule has 0 bridgehead atoms. The second-order valence-electron chi connectivity index (χ2n) is 16.3. The summed E-state index contributed by atoms with van der Waals surface area (Å²) < 4.78 is 343. The number of alkyl halides is 24. The molecular formula is C46H28BF24NO. The lowest BCUT2D eigenvalue weighted by atomic mass is 9.12. The minimum Gasteiger partial charge on any atom is -0.231 e. The summed E-state index contributed by atoms with van der Waals surface area (Å²) in [6.45, 7) is 6.23. The van der Waals surface area contributed by atoms with Crippen molar-refractivity contribution in [1.29, 1.82) is 0 Å². The number of aryl methyl sites for hydroxylation is 3. The number of nitrogens with zero attached hydrogens (tertiary/aromatic N) is 1. The quantitative estimate of drug-likeness (QED) is 0.0920. The maximum absolute atomic E-state index is 14.2. The maximum atomic E-state index is 14.2. The van der Waals surface area contributed by atoms with E-state index in [9.17, 15) is 105 Å². The van der Waals surface area contributed by atoms with E-state index < -0.39 is 195 Å². The molecular weight excluding hydrogens is 1050 g/mol. The van der Waals surface area contributed by atoms with Crippen LogP contribution in [0.2, 0.25) is 0 Å². The monoisotopic (exact) mass is 1080 g/mol. The van der Waals surface area contributed by atoms with E-state index in [0.717, 1.165) is 16.9 Å². The van der Waals surface area contributed by atoms with Gasteiger partial charge in [-0.1, -0.05) is 72.3 Å². The summed E-state index contributed by atoms with van der Waals surface area (Å²) >= 11 is 0. The summed E-state index contributed by atoms with van der Waals surface area (Å²) in [5.74, 6) is 0.932. The van der Waals surface area contributed by atoms with Gasteiger partial charge in [-0.15, -0.1) is 0 Å². The Balaban J connectivity index is 0.000000520. The molecule has 73 heavy (non-hydrogen) atoms. The van der Waals surface area contributed by atoms with Gasteiger partial charge in [0.2, 0.25) is 18.1 Å². The van der Waals surface area contributed by atoms with Crippen LogP contribution in [0.3, 0.4) is 0 Å². The number of aromatic nitrogens is 1. The molecule has 0 aliphatic carbocycles. The topological polar surface area (TPSA) is 13.1 Å². The molecule has 0 spiro atoms. The first-order valence-electron chi connectivity index (χ1n) is 20.0. The average Bonchev–Trinajstić information content (AvgIpc) is 3.23. The molecule has 0 saturated heterocycles. The average molecular weight is 1080 g/mol. The fourth-order valence-corrected chi connectivity index (χ4v) is 7.93. The van der Waals surface area contributed by atoms with E-state index in [-0.39, 0.29) is 0 Å². The third-order valence-corrected chi connectivity index (χ3v) is 10.9. The minimum atomic E-state index is -6.13. The van der Waals surface area contributed by atoms with Crippen molar-refractivity contribution in [2.24, 2.45) is 0 Å². The third-order valence-electron chi connectivity index (χ3n) is 10.9. The Labute approximate surface area is 395 Å². The molecule has 0 saturated carbocycles. The predicted octanol–water partition coefficient (Wildman–Crippen LogP) is 14.0. The molecule has 2 nitrogen and oxygen atoms in total. The van der Waals surface area contributed by atoms with Gasteiger partial charge in [-0.05, 0) is 56.2 Å². The molecule has 0 aliphatic heterocycles. The van der Waals surface area contributed by atoms with E-state index in [2.05, 4.69) is 32.9 Å². The number of rotatable bonds is 6. The SMILES string of the molecule is Cc1cc(C)c(O[n+]2ccccc2)c(C)c1.FC(F)(F)c1cc([B-](c2cc(C(F)(F)F)cc(C(F)(F)F)c2)(c2cc(C(F)(F)F)cc(C(F)(F)F)c2)c2cc(C(F)(F)F)cc(C(F)(F)F)c2)cc(C(F)(F)F)c1. The lowest BCUT2D eigenvalue weighted by Gasteiger charge is -2.46. The summed E-state index contributed by atoms with van der Waals surface area (Å²) in [6, 6.07) is 1.30. The third kappa shape index (κ3) is 13.2. The van der Waals surface area contributed by atoms with E-state index in [4.69, 9.17) is 4.84 Å². The van der Waals surface area contributed by atoms with Crippen LogP contribution in [0.15, 0.2) is 116 Å². The molecule has 0 aliphatic rings. The summed E-state index contributed by atoms with van der Waals surface area (Å²) in [7, 11) is 0. The fourth-order valence-electron chi connectivity index (χ4n) is 7.93. The molecule has 0 amide bonds. The fraction of sp³-hybridized carbons (Fsp3) is 0.239. The summed E-state index contributed by atoms with van der Waals surface area (Å²) in [4.78, 5) is 5.81. The van der Waals surface area contributed by atoms with Crippen LogP contribution in [0.25, 0.3) is 0 Å². The summed E-state index contributed by atoms with van der Waals surface area (Å²) in [6.07, 6.45) is -51.0. The molecule has 6 aromatic rings. The zero-order valence-corrected chi connectivity index (χ0v) is 36.5. The standard InChI is InChI=1S/C32H12BF24.C14H16NO/c34-25(35,36)13-1-14(26(37,38)39)6-21(5-13)33(22-7-15(27(40,41)42)2-16(8-22)28(43,44)45,23-9-17(29(46,47)48)3-18(10-23)30(49,50)51)24-11-19(31(52,53)54)4-20(12-24)32(55,56)57;1-11-9-12(2)14(13(3)10-11)16-15-7-5-4-6-8-15/h1-12H;4-10H,1-3H3/q-1;+1. The molecule has 394 valence electrons. The second-order valence-corrected chi connectivity index (χ2v) is 16.3. The number of hydrogen-bond acceptors (Lipinski definition) is 1. The Morgan fingerprint density at radius 2 is 0.507 bits per heavy atom. The molecule has 1 aromatic heterocycles. The van der Waals surface area contributed by atoms with Crippen LogP contribution in [0.4, 0.5) is 105 Å². The highest BCUT2D eigenvalue weighted by Crippen LogP contribution is 2.41. The van der Waals surface area contributed by atoms with Crippen LogP contribution in [-0.2, 0) is 49.4 Å². The van der Waals surface area contributed by atoms with Crippen LogP contribution in [0.5, 0.6) is 5.75 Å². The summed E-state index contributed by atoms with van der Waals surface area (Å²) in [5, 5.41) is 0. The van der Waals surface area contributed by atoms with Crippen LogP contribution >= 0.6 is 0 Å². The highest BCUT2D eigenvalue weighted by molar-refractivity contribution is 7.20. The van der Waals surface area contributed by atoms with Gasteiger partial charge in [0.05, 0.1) is 44.5 Å². The lowest BCUT2D eigenvalue weighted by molar-refractivity contribution is -0.875. The second kappa shape index (κ2) is 19.4. The van der Waals surface area contributed by atoms with E-state index >= 15 is 0 Å². The number of pyridine rings is 1. The van der Waals surface area contributed by atoms with Crippen molar-refractivity contribution >= 4 is 28.0 Å².